The fraction of sp³-hybridized carbons (Fsp3) is 0.286. The summed E-state index contributed by atoms with van der Waals surface area (Å²) in [5, 5.41) is 3.11. The largest absolute Gasteiger partial charge is 0.354 e. The van der Waals surface area contributed by atoms with Crippen molar-refractivity contribution >= 4 is 12.7 Å². The zero-order valence-corrected chi connectivity index (χ0v) is 10.7. The van der Waals surface area contributed by atoms with Crippen molar-refractivity contribution in [2.24, 2.45) is 9.98 Å². The molecular formula is C14H21N3. The standard InChI is InChI=1S/C14H21N3/c1-5-8-13(9-6-2)10-12-17-14(15-4)16-11-7-3/h5-9,11H,1,4,10,12H2,2-3H3,(H,16,17)/b9-6-,11-7-,13-8+. The Morgan fingerprint density at radius 1 is 1.29 bits per heavy atom. The highest BCUT2D eigenvalue weighted by molar-refractivity contribution is 5.84. The van der Waals surface area contributed by atoms with E-state index in [-0.39, 0.29) is 0 Å². The van der Waals surface area contributed by atoms with Gasteiger partial charge in [-0.15, -0.1) is 0 Å². The van der Waals surface area contributed by atoms with Crippen molar-refractivity contribution < 1.29 is 0 Å². The first-order chi connectivity index (χ1) is 8.28. The van der Waals surface area contributed by atoms with Crippen LogP contribution in [0.5, 0.6) is 0 Å². The highest BCUT2D eigenvalue weighted by Crippen LogP contribution is 2.02. The maximum Gasteiger partial charge on any atom is 0.221 e. The Kier molecular flexibility index (Phi) is 9.43. The van der Waals surface area contributed by atoms with Crippen molar-refractivity contribution in [3.8, 4) is 0 Å². The van der Waals surface area contributed by atoms with Crippen LogP contribution in [0.3, 0.4) is 0 Å². The van der Waals surface area contributed by atoms with E-state index in [2.05, 4.69) is 34.7 Å². The molecule has 0 aliphatic heterocycles. The van der Waals surface area contributed by atoms with E-state index < -0.39 is 0 Å². The molecule has 0 heterocycles. The highest BCUT2D eigenvalue weighted by atomic mass is 15.1. The van der Waals surface area contributed by atoms with Crippen LogP contribution < -0.4 is 5.32 Å². The first-order valence-electron chi connectivity index (χ1n) is 5.62. The summed E-state index contributed by atoms with van der Waals surface area (Å²) in [7, 11) is 0. The second kappa shape index (κ2) is 10.6. The molecule has 0 spiro atoms. The lowest BCUT2D eigenvalue weighted by molar-refractivity contribution is 0.862. The topological polar surface area (TPSA) is 36.8 Å². The molecule has 92 valence electrons. The Morgan fingerprint density at radius 2 is 2.06 bits per heavy atom. The van der Waals surface area contributed by atoms with Gasteiger partial charge in [0.15, 0.2) is 0 Å². The minimum absolute atomic E-state index is 0.543. The molecule has 0 aromatic carbocycles. The Morgan fingerprint density at radius 3 is 2.59 bits per heavy atom. The van der Waals surface area contributed by atoms with Gasteiger partial charge in [0, 0.05) is 12.7 Å². The van der Waals surface area contributed by atoms with E-state index in [1.54, 1.807) is 12.3 Å². The molecule has 0 aliphatic rings. The van der Waals surface area contributed by atoms with Gasteiger partial charge in [0.05, 0.1) is 0 Å². The van der Waals surface area contributed by atoms with E-state index in [4.69, 9.17) is 0 Å². The molecule has 0 fully saturated rings. The molecule has 0 radical (unpaired) electrons. The normalized spacial score (nSPS) is 13.3. The molecule has 0 saturated carbocycles. The fourth-order valence-electron chi connectivity index (χ4n) is 1.19. The van der Waals surface area contributed by atoms with Crippen LogP contribution in [-0.2, 0) is 0 Å². The average Bonchev–Trinajstić information content (AvgIpc) is 2.34. The molecule has 17 heavy (non-hydrogen) atoms. The van der Waals surface area contributed by atoms with Gasteiger partial charge in [0.25, 0.3) is 0 Å². The number of hydrogen-bond donors (Lipinski definition) is 1. The molecule has 3 nitrogen and oxygen atoms in total. The van der Waals surface area contributed by atoms with Gasteiger partial charge in [-0.3, -0.25) is 0 Å². The summed E-state index contributed by atoms with van der Waals surface area (Å²) in [6.07, 6.45) is 12.3. The summed E-state index contributed by atoms with van der Waals surface area (Å²) in [6, 6.07) is 0. The molecule has 0 atom stereocenters. The second-order valence-electron chi connectivity index (χ2n) is 3.25. The number of aliphatic imine (C=N–C) groups is 2. The Bertz CT molecular complexity index is 346. The van der Waals surface area contributed by atoms with E-state index in [1.165, 1.54) is 5.57 Å². The number of allylic oxidation sites excluding steroid dienone is 5. The number of nitrogens with zero attached hydrogens (tertiary/aromatic N) is 2. The first-order valence-corrected chi connectivity index (χ1v) is 5.62. The van der Waals surface area contributed by atoms with Crippen LogP contribution in [0.25, 0.3) is 0 Å². The van der Waals surface area contributed by atoms with Crippen LogP contribution in [0.4, 0.5) is 0 Å². The van der Waals surface area contributed by atoms with E-state index in [0.29, 0.717) is 5.96 Å². The van der Waals surface area contributed by atoms with Crippen LogP contribution in [-0.4, -0.2) is 19.2 Å². The fourth-order valence-corrected chi connectivity index (χ4v) is 1.19. The number of hydrogen-bond acceptors (Lipinski definition) is 1. The number of nitrogens with one attached hydrogen (secondary N) is 1. The summed E-state index contributed by atoms with van der Waals surface area (Å²) in [4.78, 5) is 7.88. The molecule has 0 amide bonds. The van der Waals surface area contributed by atoms with Crippen molar-refractivity contribution in [2.45, 2.75) is 20.3 Å². The average molecular weight is 231 g/mol. The molecular weight excluding hydrogens is 210 g/mol. The van der Waals surface area contributed by atoms with Crippen molar-refractivity contribution in [2.75, 3.05) is 6.54 Å². The molecule has 0 rings (SSSR count). The van der Waals surface area contributed by atoms with Crippen LogP contribution in [0, 0.1) is 0 Å². The monoisotopic (exact) mass is 231 g/mol. The van der Waals surface area contributed by atoms with Crippen molar-refractivity contribution in [1.82, 2.24) is 5.32 Å². The quantitative estimate of drug-likeness (QED) is 0.425. The van der Waals surface area contributed by atoms with Gasteiger partial charge in [-0.25, -0.2) is 9.98 Å². The molecule has 0 aromatic rings. The van der Waals surface area contributed by atoms with Crippen molar-refractivity contribution in [3.05, 3.63) is 48.7 Å². The highest BCUT2D eigenvalue weighted by Gasteiger charge is 1.94. The van der Waals surface area contributed by atoms with Gasteiger partial charge < -0.3 is 5.32 Å². The number of rotatable bonds is 6. The molecule has 0 aromatic heterocycles. The van der Waals surface area contributed by atoms with Gasteiger partial charge in [0.1, 0.15) is 0 Å². The van der Waals surface area contributed by atoms with E-state index in [9.17, 15) is 0 Å². The SMILES string of the molecule is C=C/C=C(\C=C/C)CCN/C(N=C)=N/C=C\C. The van der Waals surface area contributed by atoms with Gasteiger partial charge >= 0.3 is 0 Å². The van der Waals surface area contributed by atoms with Gasteiger partial charge in [-0.05, 0) is 32.6 Å². The molecule has 0 aliphatic carbocycles. The Balaban J connectivity index is 4.23. The van der Waals surface area contributed by atoms with Crippen LogP contribution in [0.2, 0.25) is 0 Å². The van der Waals surface area contributed by atoms with Crippen molar-refractivity contribution in [3.63, 3.8) is 0 Å². The zero-order valence-electron chi connectivity index (χ0n) is 10.7. The van der Waals surface area contributed by atoms with Gasteiger partial charge in [0.2, 0.25) is 5.96 Å². The summed E-state index contributed by atoms with van der Waals surface area (Å²) >= 11 is 0. The Hall–Kier alpha value is -1.90. The third-order valence-electron chi connectivity index (χ3n) is 1.91. The lowest BCUT2D eigenvalue weighted by atomic mass is 10.1. The molecule has 0 unspecified atom stereocenters. The van der Waals surface area contributed by atoms with Crippen LogP contribution >= 0.6 is 0 Å². The third-order valence-corrected chi connectivity index (χ3v) is 1.91. The van der Waals surface area contributed by atoms with Gasteiger partial charge in [-0.1, -0.05) is 37.0 Å². The van der Waals surface area contributed by atoms with Crippen molar-refractivity contribution in [1.29, 1.82) is 0 Å². The Labute approximate surface area is 104 Å². The lowest BCUT2D eigenvalue weighted by Gasteiger charge is -2.05. The van der Waals surface area contributed by atoms with E-state index in [0.717, 1.165) is 13.0 Å². The minimum atomic E-state index is 0.543. The zero-order chi connectivity index (χ0) is 12.9. The maximum atomic E-state index is 4.09. The van der Waals surface area contributed by atoms with Crippen LogP contribution in [0.1, 0.15) is 20.3 Å². The molecule has 0 saturated heterocycles. The minimum Gasteiger partial charge on any atom is -0.354 e. The maximum absolute atomic E-state index is 4.09. The summed E-state index contributed by atoms with van der Waals surface area (Å²) in [6.45, 7) is 11.8. The number of guanidine groups is 1. The lowest BCUT2D eigenvalue weighted by Crippen LogP contribution is -2.22. The molecule has 0 bridgehead atoms. The summed E-state index contributed by atoms with van der Waals surface area (Å²) in [5.74, 6) is 0.543. The van der Waals surface area contributed by atoms with E-state index >= 15 is 0 Å². The third kappa shape index (κ3) is 7.96. The van der Waals surface area contributed by atoms with Crippen LogP contribution in [0.15, 0.2) is 58.7 Å². The smallest absolute Gasteiger partial charge is 0.221 e. The molecule has 3 heteroatoms. The summed E-state index contributed by atoms with van der Waals surface area (Å²) < 4.78 is 0. The predicted molar refractivity (Wildman–Crippen MR) is 77.5 cm³/mol. The van der Waals surface area contributed by atoms with E-state index in [1.807, 2.05) is 32.1 Å². The van der Waals surface area contributed by atoms with Gasteiger partial charge in [-0.2, -0.15) is 0 Å². The second-order valence-corrected chi connectivity index (χ2v) is 3.25. The molecule has 1 N–H and O–H groups in total. The predicted octanol–water partition coefficient (Wildman–Crippen LogP) is 3.24. The summed E-state index contributed by atoms with van der Waals surface area (Å²) in [5.41, 5.74) is 1.21. The first kappa shape index (κ1) is 15.1.